The monoisotopic (exact) mass is 474 g/mol. The minimum atomic E-state index is 0.0113. The topological polar surface area (TPSA) is 61.5 Å². The quantitative estimate of drug-likeness (QED) is 0.349. The number of fused-ring (bicyclic) bond motifs is 3. The van der Waals surface area contributed by atoms with Gasteiger partial charge in [0, 0.05) is 32.1 Å². The molecule has 0 radical (unpaired) electrons. The standard InChI is InChI=1S/C28H34N4O3/c1-30(2)14-5-15-35-22-10-6-19(7-11-22)20-8-13-25-24(16-20)27-26(18-29-25)31(3)28(33)32(27)21-9-12-23(17-21)34-4/h6-8,10-11,13,16,18,21,23H,5,9,12,14-15,17H2,1-4H3/t21-,23+/m1/s1. The number of aryl methyl sites for hydroxylation is 1. The molecule has 2 aromatic heterocycles. The summed E-state index contributed by atoms with van der Waals surface area (Å²) in [6.07, 6.45) is 5.79. The molecule has 2 atom stereocenters. The lowest BCUT2D eigenvalue weighted by atomic mass is 10.0. The number of methoxy groups -OCH3 is 1. The predicted molar refractivity (Wildman–Crippen MR) is 140 cm³/mol. The summed E-state index contributed by atoms with van der Waals surface area (Å²) in [4.78, 5) is 20.1. The molecule has 5 rings (SSSR count). The van der Waals surface area contributed by atoms with Gasteiger partial charge in [-0.05, 0) is 75.2 Å². The second-order valence-corrected chi connectivity index (χ2v) is 9.79. The van der Waals surface area contributed by atoms with E-state index in [1.807, 2.05) is 36.0 Å². The fourth-order valence-electron chi connectivity index (χ4n) is 5.23. The summed E-state index contributed by atoms with van der Waals surface area (Å²) in [5.74, 6) is 0.878. The van der Waals surface area contributed by atoms with Gasteiger partial charge in [0.2, 0.25) is 0 Å². The number of nitrogens with zero attached hydrogens (tertiary/aromatic N) is 4. The van der Waals surface area contributed by atoms with Crippen molar-refractivity contribution in [3.8, 4) is 16.9 Å². The number of ether oxygens (including phenoxy) is 2. The summed E-state index contributed by atoms with van der Waals surface area (Å²) in [7, 11) is 7.73. The molecular formula is C28H34N4O3. The van der Waals surface area contributed by atoms with E-state index in [4.69, 9.17) is 9.47 Å². The van der Waals surface area contributed by atoms with Gasteiger partial charge in [0.05, 0.1) is 35.5 Å². The summed E-state index contributed by atoms with van der Waals surface area (Å²) in [6, 6.07) is 14.7. The number of hydrogen-bond acceptors (Lipinski definition) is 5. The first-order chi connectivity index (χ1) is 17.0. The SMILES string of the molecule is CO[C@H]1CC[C@@H](n2c(=O)n(C)c3cnc4ccc(-c5ccc(OCCCN(C)C)cc5)cc4c32)C1. The number of pyridine rings is 1. The first kappa shape index (κ1) is 23.6. The van der Waals surface area contributed by atoms with E-state index in [2.05, 4.69) is 48.2 Å². The van der Waals surface area contributed by atoms with Crippen LogP contribution in [0.5, 0.6) is 5.75 Å². The first-order valence-corrected chi connectivity index (χ1v) is 12.4. The van der Waals surface area contributed by atoms with E-state index < -0.39 is 0 Å². The third-order valence-corrected chi connectivity index (χ3v) is 7.18. The number of benzene rings is 2. The molecule has 0 amide bonds. The highest BCUT2D eigenvalue weighted by molar-refractivity contribution is 6.04. The lowest BCUT2D eigenvalue weighted by molar-refractivity contribution is 0.106. The Balaban J connectivity index is 1.50. The zero-order valence-corrected chi connectivity index (χ0v) is 21.0. The first-order valence-electron chi connectivity index (χ1n) is 12.4. The average molecular weight is 475 g/mol. The molecule has 0 bridgehead atoms. The lowest BCUT2D eigenvalue weighted by Crippen LogP contribution is -2.25. The summed E-state index contributed by atoms with van der Waals surface area (Å²) in [6.45, 7) is 1.71. The number of rotatable bonds is 8. The van der Waals surface area contributed by atoms with Crippen molar-refractivity contribution < 1.29 is 9.47 Å². The van der Waals surface area contributed by atoms with Crippen molar-refractivity contribution in [1.82, 2.24) is 19.0 Å². The van der Waals surface area contributed by atoms with Crippen LogP contribution in [0.15, 0.2) is 53.5 Å². The molecule has 7 heteroatoms. The van der Waals surface area contributed by atoms with E-state index >= 15 is 0 Å². The second-order valence-electron chi connectivity index (χ2n) is 9.79. The molecule has 2 heterocycles. The van der Waals surface area contributed by atoms with Gasteiger partial charge in [-0.1, -0.05) is 18.2 Å². The predicted octanol–water partition coefficient (Wildman–Crippen LogP) is 4.63. The molecule has 1 aliphatic carbocycles. The molecule has 7 nitrogen and oxygen atoms in total. The summed E-state index contributed by atoms with van der Waals surface area (Å²) < 4.78 is 15.2. The van der Waals surface area contributed by atoms with E-state index in [-0.39, 0.29) is 17.8 Å². The molecule has 1 saturated carbocycles. The molecule has 1 fully saturated rings. The summed E-state index contributed by atoms with van der Waals surface area (Å²) in [5, 5.41) is 1.00. The van der Waals surface area contributed by atoms with Crippen LogP contribution in [0.2, 0.25) is 0 Å². The smallest absolute Gasteiger partial charge is 0.329 e. The van der Waals surface area contributed by atoms with Crippen LogP contribution >= 0.6 is 0 Å². The Hall–Kier alpha value is -3.16. The van der Waals surface area contributed by atoms with E-state index in [0.717, 1.165) is 71.0 Å². The van der Waals surface area contributed by atoms with Crippen LogP contribution in [-0.4, -0.2) is 59.5 Å². The van der Waals surface area contributed by atoms with Crippen LogP contribution in [0.1, 0.15) is 31.7 Å². The Morgan fingerprint density at radius 3 is 2.57 bits per heavy atom. The molecule has 1 aliphatic rings. The third-order valence-electron chi connectivity index (χ3n) is 7.18. The van der Waals surface area contributed by atoms with Crippen molar-refractivity contribution >= 4 is 21.9 Å². The van der Waals surface area contributed by atoms with Gasteiger partial charge in [-0.25, -0.2) is 4.79 Å². The van der Waals surface area contributed by atoms with Gasteiger partial charge in [-0.2, -0.15) is 0 Å². The molecule has 0 unspecified atom stereocenters. The second kappa shape index (κ2) is 9.84. The maximum absolute atomic E-state index is 13.3. The molecular weight excluding hydrogens is 440 g/mol. The normalized spacial score (nSPS) is 18.2. The average Bonchev–Trinajstić information content (AvgIpc) is 3.44. The molecule has 0 saturated heterocycles. The highest BCUT2D eigenvalue weighted by atomic mass is 16.5. The lowest BCUT2D eigenvalue weighted by Gasteiger charge is -2.14. The molecule has 0 spiro atoms. The molecule has 4 aromatic rings. The Kier molecular flexibility index (Phi) is 6.62. The van der Waals surface area contributed by atoms with Gasteiger partial charge in [0.15, 0.2) is 0 Å². The fourth-order valence-corrected chi connectivity index (χ4v) is 5.23. The fraction of sp³-hybridized carbons (Fsp3) is 0.429. The maximum Gasteiger partial charge on any atom is 0.329 e. The van der Waals surface area contributed by atoms with E-state index in [1.54, 1.807) is 11.7 Å². The van der Waals surface area contributed by atoms with Gasteiger partial charge in [-0.15, -0.1) is 0 Å². The van der Waals surface area contributed by atoms with Crippen LogP contribution in [0.25, 0.3) is 33.1 Å². The molecule has 2 aromatic carbocycles. The minimum absolute atomic E-state index is 0.0113. The van der Waals surface area contributed by atoms with Crippen molar-refractivity contribution in [3.05, 3.63) is 59.1 Å². The zero-order chi connectivity index (χ0) is 24.5. The highest BCUT2D eigenvalue weighted by Crippen LogP contribution is 2.36. The highest BCUT2D eigenvalue weighted by Gasteiger charge is 2.29. The molecule has 184 valence electrons. The maximum atomic E-state index is 13.3. The number of imidazole rings is 1. The molecule has 0 aliphatic heterocycles. The van der Waals surface area contributed by atoms with E-state index in [9.17, 15) is 4.79 Å². The van der Waals surface area contributed by atoms with Crippen LogP contribution < -0.4 is 10.4 Å². The Bertz CT molecular complexity index is 1390. The van der Waals surface area contributed by atoms with Gasteiger partial charge in [0.1, 0.15) is 5.75 Å². The summed E-state index contributed by atoms with van der Waals surface area (Å²) >= 11 is 0. The van der Waals surface area contributed by atoms with Crippen molar-refractivity contribution in [2.24, 2.45) is 7.05 Å². The van der Waals surface area contributed by atoms with Gasteiger partial charge in [0.25, 0.3) is 0 Å². The number of hydrogen-bond donors (Lipinski definition) is 0. The summed E-state index contributed by atoms with van der Waals surface area (Å²) in [5.41, 5.74) is 4.93. The van der Waals surface area contributed by atoms with Crippen molar-refractivity contribution in [3.63, 3.8) is 0 Å². The van der Waals surface area contributed by atoms with Crippen LogP contribution in [0.4, 0.5) is 0 Å². The van der Waals surface area contributed by atoms with Crippen molar-refractivity contribution in [2.75, 3.05) is 34.4 Å². The Morgan fingerprint density at radius 2 is 1.86 bits per heavy atom. The van der Waals surface area contributed by atoms with Crippen LogP contribution in [0, 0.1) is 0 Å². The van der Waals surface area contributed by atoms with Crippen molar-refractivity contribution in [2.45, 2.75) is 37.8 Å². The largest absolute Gasteiger partial charge is 0.494 e. The minimum Gasteiger partial charge on any atom is -0.494 e. The van der Waals surface area contributed by atoms with E-state index in [1.165, 1.54) is 0 Å². The van der Waals surface area contributed by atoms with Gasteiger partial charge >= 0.3 is 5.69 Å². The number of aromatic nitrogens is 3. The molecule has 35 heavy (non-hydrogen) atoms. The Morgan fingerprint density at radius 1 is 1.09 bits per heavy atom. The molecule has 0 N–H and O–H groups in total. The van der Waals surface area contributed by atoms with Gasteiger partial charge < -0.3 is 14.4 Å². The van der Waals surface area contributed by atoms with Crippen molar-refractivity contribution in [1.29, 1.82) is 0 Å². The Labute approximate surface area is 205 Å². The van der Waals surface area contributed by atoms with E-state index in [0.29, 0.717) is 6.61 Å². The zero-order valence-electron chi connectivity index (χ0n) is 21.0. The third kappa shape index (κ3) is 4.58. The van der Waals surface area contributed by atoms with Crippen LogP contribution in [0.3, 0.4) is 0 Å². The van der Waals surface area contributed by atoms with Crippen LogP contribution in [-0.2, 0) is 11.8 Å². The van der Waals surface area contributed by atoms with Gasteiger partial charge in [-0.3, -0.25) is 14.1 Å².